The van der Waals surface area contributed by atoms with Crippen molar-refractivity contribution in [2.24, 2.45) is 0 Å². The van der Waals surface area contributed by atoms with Crippen molar-refractivity contribution in [1.29, 1.82) is 0 Å². The summed E-state index contributed by atoms with van der Waals surface area (Å²) < 4.78 is 7.37. The Labute approximate surface area is 187 Å². The number of thioether (sulfide) groups is 1. The van der Waals surface area contributed by atoms with Crippen molar-refractivity contribution in [1.82, 2.24) is 9.88 Å². The number of aryl methyl sites for hydroxylation is 1. The molecule has 0 atom stereocenters. The molecule has 1 aromatic heterocycles. The van der Waals surface area contributed by atoms with Gasteiger partial charge in [0.1, 0.15) is 5.75 Å². The third-order valence-corrected chi connectivity index (χ3v) is 6.37. The molecular formula is C26H26N2O2S. The Morgan fingerprint density at radius 3 is 2.48 bits per heavy atom. The van der Waals surface area contributed by atoms with Crippen LogP contribution in [0.15, 0.2) is 83.9 Å². The molecule has 0 radical (unpaired) electrons. The van der Waals surface area contributed by atoms with Gasteiger partial charge in [-0.3, -0.25) is 4.79 Å². The summed E-state index contributed by atoms with van der Waals surface area (Å²) in [5.41, 5.74) is 4.42. The number of fused-ring (bicyclic) bond motifs is 1. The molecule has 4 nitrogen and oxygen atoms in total. The smallest absolute Gasteiger partial charge is 0.251 e. The fraction of sp³-hybridized carbons (Fsp3) is 0.192. The minimum absolute atomic E-state index is 0.0758. The first-order valence-electron chi connectivity index (χ1n) is 10.3. The van der Waals surface area contributed by atoms with Crippen LogP contribution in [0.3, 0.4) is 0 Å². The molecule has 0 aliphatic rings. The van der Waals surface area contributed by atoms with E-state index in [0.29, 0.717) is 18.7 Å². The van der Waals surface area contributed by atoms with Crippen molar-refractivity contribution in [3.05, 3.63) is 95.7 Å². The predicted octanol–water partition coefficient (Wildman–Crippen LogP) is 5.68. The minimum atomic E-state index is -0.0758. The highest BCUT2D eigenvalue weighted by atomic mass is 32.2. The fourth-order valence-electron chi connectivity index (χ4n) is 3.49. The molecule has 0 aliphatic heterocycles. The molecule has 1 N–H and O–H groups in total. The maximum atomic E-state index is 12.4. The fourth-order valence-corrected chi connectivity index (χ4v) is 4.54. The Morgan fingerprint density at radius 2 is 1.74 bits per heavy atom. The molecule has 1 amide bonds. The monoisotopic (exact) mass is 430 g/mol. The standard InChI is InChI=1S/C26H26N2O2S/c1-19-7-9-20(10-8-19)18-31-25-17-28(24-6-4-3-5-23(24)25)16-15-27-26(29)21-11-13-22(30-2)14-12-21/h3-14,17H,15-16,18H2,1-2H3,(H,27,29). The number of methoxy groups -OCH3 is 1. The number of aromatic nitrogens is 1. The van der Waals surface area contributed by atoms with E-state index in [1.807, 2.05) is 11.8 Å². The second kappa shape index (κ2) is 9.75. The molecular weight excluding hydrogens is 404 g/mol. The SMILES string of the molecule is COc1ccc(C(=O)NCCn2cc(SCc3ccc(C)cc3)c3ccccc32)cc1. The lowest BCUT2D eigenvalue weighted by Crippen LogP contribution is -2.27. The van der Waals surface area contributed by atoms with Crippen molar-refractivity contribution in [3.8, 4) is 5.75 Å². The van der Waals surface area contributed by atoms with Crippen LogP contribution >= 0.6 is 11.8 Å². The molecule has 158 valence electrons. The number of carbonyl (C=O) groups is 1. The zero-order chi connectivity index (χ0) is 21.6. The first-order chi connectivity index (χ1) is 15.1. The molecule has 31 heavy (non-hydrogen) atoms. The molecule has 4 rings (SSSR count). The zero-order valence-corrected chi connectivity index (χ0v) is 18.6. The number of benzene rings is 3. The maximum absolute atomic E-state index is 12.4. The van der Waals surface area contributed by atoms with Gasteiger partial charge in [0.05, 0.1) is 7.11 Å². The van der Waals surface area contributed by atoms with E-state index in [-0.39, 0.29) is 5.91 Å². The van der Waals surface area contributed by atoms with Gasteiger partial charge < -0.3 is 14.6 Å². The minimum Gasteiger partial charge on any atom is -0.497 e. The second-order valence-corrected chi connectivity index (χ2v) is 8.48. The van der Waals surface area contributed by atoms with Gasteiger partial charge >= 0.3 is 0 Å². The van der Waals surface area contributed by atoms with Crippen LogP contribution in [0.5, 0.6) is 5.75 Å². The van der Waals surface area contributed by atoms with Crippen molar-refractivity contribution in [3.63, 3.8) is 0 Å². The Balaban J connectivity index is 1.41. The quantitative estimate of drug-likeness (QED) is 0.366. The van der Waals surface area contributed by atoms with E-state index in [1.165, 1.54) is 26.9 Å². The van der Waals surface area contributed by atoms with Gasteiger partial charge in [0.15, 0.2) is 0 Å². The molecule has 0 saturated heterocycles. The topological polar surface area (TPSA) is 43.3 Å². The number of nitrogens with one attached hydrogen (secondary N) is 1. The van der Waals surface area contributed by atoms with Crippen LogP contribution in [0, 0.1) is 6.92 Å². The largest absolute Gasteiger partial charge is 0.497 e. The molecule has 0 spiro atoms. The molecule has 4 aromatic rings. The summed E-state index contributed by atoms with van der Waals surface area (Å²) in [5, 5.41) is 4.27. The normalized spacial score (nSPS) is 10.9. The maximum Gasteiger partial charge on any atom is 0.251 e. The lowest BCUT2D eigenvalue weighted by Gasteiger charge is -2.08. The highest BCUT2D eigenvalue weighted by Gasteiger charge is 2.10. The van der Waals surface area contributed by atoms with Gasteiger partial charge in [0.2, 0.25) is 0 Å². The average Bonchev–Trinajstić information content (AvgIpc) is 3.16. The summed E-state index contributed by atoms with van der Waals surface area (Å²) in [6.07, 6.45) is 2.20. The van der Waals surface area contributed by atoms with Gasteiger partial charge in [-0.2, -0.15) is 0 Å². The molecule has 0 unspecified atom stereocenters. The molecule has 0 saturated carbocycles. The highest BCUT2D eigenvalue weighted by molar-refractivity contribution is 7.98. The zero-order valence-electron chi connectivity index (χ0n) is 17.8. The van der Waals surface area contributed by atoms with Gasteiger partial charge in [-0.05, 0) is 42.8 Å². The number of ether oxygens (including phenoxy) is 1. The molecule has 5 heteroatoms. The van der Waals surface area contributed by atoms with E-state index in [2.05, 4.69) is 71.5 Å². The summed E-state index contributed by atoms with van der Waals surface area (Å²) in [6.45, 7) is 3.39. The Bertz CT molecular complexity index is 1160. The van der Waals surface area contributed by atoms with Crippen LogP contribution in [0.25, 0.3) is 10.9 Å². The third kappa shape index (κ3) is 5.12. The van der Waals surface area contributed by atoms with Crippen LogP contribution < -0.4 is 10.1 Å². The summed E-state index contributed by atoms with van der Waals surface area (Å²) in [6, 6.07) is 24.3. The van der Waals surface area contributed by atoms with Gasteiger partial charge in [-0.25, -0.2) is 0 Å². The van der Waals surface area contributed by atoms with E-state index in [9.17, 15) is 4.79 Å². The summed E-state index contributed by atoms with van der Waals surface area (Å²) >= 11 is 1.85. The first kappa shape index (κ1) is 21.1. The van der Waals surface area contributed by atoms with E-state index >= 15 is 0 Å². The van der Waals surface area contributed by atoms with Crippen LogP contribution in [-0.4, -0.2) is 24.1 Å². The number of rotatable bonds is 8. The van der Waals surface area contributed by atoms with E-state index in [1.54, 1.807) is 31.4 Å². The summed E-state index contributed by atoms with van der Waals surface area (Å²) in [4.78, 5) is 13.7. The van der Waals surface area contributed by atoms with E-state index < -0.39 is 0 Å². The Kier molecular flexibility index (Phi) is 6.63. The number of amides is 1. The Hall–Kier alpha value is -3.18. The molecule has 0 fully saturated rings. The number of para-hydroxylation sites is 1. The average molecular weight is 431 g/mol. The van der Waals surface area contributed by atoms with Crippen LogP contribution in [0.4, 0.5) is 0 Å². The number of carbonyl (C=O) groups excluding carboxylic acids is 1. The summed E-state index contributed by atoms with van der Waals surface area (Å²) in [5.74, 6) is 1.60. The lowest BCUT2D eigenvalue weighted by molar-refractivity contribution is 0.0952. The van der Waals surface area contributed by atoms with Crippen molar-refractivity contribution >= 4 is 28.6 Å². The highest BCUT2D eigenvalue weighted by Crippen LogP contribution is 2.32. The molecule has 1 heterocycles. The van der Waals surface area contributed by atoms with Crippen LogP contribution in [0.2, 0.25) is 0 Å². The molecule has 0 aliphatic carbocycles. The first-order valence-corrected chi connectivity index (χ1v) is 11.3. The van der Waals surface area contributed by atoms with Crippen LogP contribution in [-0.2, 0) is 12.3 Å². The van der Waals surface area contributed by atoms with Crippen molar-refractivity contribution in [2.75, 3.05) is 13.7 Å². The lowest BCUT2D eigenvalue weighted by atomic mass is 10.2. The van der Waals surface area contributed by atoms with E-state index in [4.69, 9.17) is 4.74 Å². The number of hydrogen-bond acceptors (Lipinski definition) is 3. The van der Waals surface area contributed by atoms with Gasteiger partial charge in [-0.1, -0.05) is 48.0 Å². The third-order valence-electron chi connectivity index (χ3n) is 5.26. The van der Waals surface area contributed by atoms with Crippen molar-refractivity contribution in [2.45, 2.75) is 24.1 Å². The van der Waals surface area contributed by atoms with Gasteiger partial charge in [-0.15, -0.1) is 11.8 Å². The number of nitrogens with zero attached hydrogens (tertiary/aromatic N) is 1. The predicted molar refractivity (Wildman–Crippen MR) is 128 cm³/mol. The molecule has 3 aromatic carbocycles. The molecule has 0 bridgehead atoms. The summed E-state index contributed by atoms with van der Waals surface area (Å²) in [7, 11) is 1.61. The number of hydrogen-bond donors (Lipinski definition) is 1. The van der Waals surface area contributed by atoms with E-state index in [0.717, 1.165) is 11.5 Å². The Morgan fingerprint density at radius 1 is 1.00 bits per heavy atom. The van der Waals surface area contributed by atoms with Crippen molar-refractivity contribution < 1.29 is 9.53 Å². The van der Waals surface area contributed by atoms with Crippen LogP contribution in [0.1, 0.15) is 21.5 Å². The van der Waals surface area contributed by atoms with Gasteiger partial charge in [0.25, 0.3) is 5.91 Å². The second-order valence-electron chi connectivity index (χ2n) is 7.46. The van der Waals surface area contributed by atoms with Gasteiger partial charge in [0, 0.05) is 46.4 Å².